The molecule has 1 aliphatic rings. The van der Waals surface area contributed by atoms with Crippen LogP contribution in [-0.4, -0.2) is 79.0 Å². The topological polar surface area (TPSA) is 177 Å². The summed E-state index contributed by atoms with van der Waals surface area (Å²) in [4.78, 5) is 11.9. The summed E-state index contributed by atoms with van der Waals surface area (Å²) < 4.78 is 9.77. The van der Waals surface area contributed by atoms with Crippen LogP contribution in [0.2, 0.25) is 0 Å². The number of rotatable bonds is 3. The number of aliphatic hydroxyl groups excluding tert-OH is 4. The molecule has 128 valence electrons. The molecule has 1 saturated heterocycles. The lowest BCUT2D eigenvalue weighted by Gasteiger charge is -2.39. The molecule has 0 bridgehead atoms. The number of hydrogen-bond donors (Lipinski definition) is 7. The number of hydrogen-bond acceptors (Lipinski definition) is 10. The Morgan fingerprint density at radius 3 is 2.13 bits per heavy atom. The third-order valence-electron chi connectivity index (χ3n) is 3.38. The molecule has 5 atom stereocenters. The van der Waals surface area contributed by atoms with Crippen LogP contribution in [0, 0.1) is 0 Å². The molecule has 7 N–H and O–H groups in total. The highest BCUT2D eigenvalue weighted by atomic mass is 16.7. The fraction of sp³-hybridized carbons (Fsp3) is 0.462. The van der Waals surface area contributed by atoms with Gasteiger partial charge in [0.2, 0.25) is 6.29 Å². The normalized spacial score (nSPS) is 30.9. The van der Waals surface area contributed by atoms with Gasteiger partial charge in [-0.1, -0.05) is 0 Å². The molecule has 23 heavy (non-hydrogen) atoms. The van der Waals surface area contributed by atoms with Crippen LogP contribution in [0.15, 0.2) is 12.1 Å². The van der Waals surface area contributed by atoms with Crippen LogP contribution >= 0.6 is 0 Å². The number of esters is 1. The van der Waals surface area contributed by atoms with Crippen molar-refractivity contribution in [2.45, 2.75) is 30.7 Å². The molecule has 0 aromatic heterocycles. The Kier molecular flexibility index (Phi) is 4.92. The first kappa shape index (κ1) is 17.2. The van der Waals surface area contributed by atoms with E-state index in [0.717, 1.165) is 12.1 Å². The lowest BCUT2D eigenvalue weighted by Crippen LogP contribution is -2.59. The van der Waals surface area contributed by atoms with E-state index >= 15 is 0 Å². The van der Waals surface area contributed by atoms with Gasteiger partial charge < -0.3 is 45.2 Å². The standard InChI is InChI=1S/C13H16O10/c14-3-7-9(18)10(19)11(20)13(22-7)23-12(21)4-1-5(15)8(17)6(16)2-4/h1-2,7,9-11,13-20H,3H2/t7?,9-,10?,11?,13-/m0/s1. The Hall–Kier alpha value is -2.11. The van der Waals surface area contributed by atoms with Gasteiger partial charge in [0.05, 0.1) is 12.2 Å². The van der Waals surface area contributed by atoms with Gasteiger partial charge in [0.1, 0.15) is 24.4 Å². The second-order valence-electron chi connectivity index (χ2n) is 4.97. The van der Waals surface area contributed by atoms with Crippen LogP contribution in [-0.2, 0) is 9.47 Å². The van der Waals surface area contributed by atoms with E-state index in [9.17, 15) is 35.4 Å². The third-order valence-corrected chi connectivity index (χ3v) is 3.38. The van der Waals surface area contributed by atoms with Crippen LogP contribution in [0.5, 0.6) is 17.2 Å². The van der Waals surface area contributed by atoms with Crippen LogP contribution in [0.1, 0.15) is 10.4 Å². The van der Waals surface area contributed by atoms with Crippen molar-refractivity contribution < 1.29 is 50.0 Å². The predicted octanol–water partition coefficient (Wildman–Crippen LogP) is -2.24. The van der Waals surface area contributed by atoms with E-state index in [1.807, 2.05) is 0 Å². The van der Waals surface area contributed by atoms with E-state index in [1.165, 1.54) is 0 Å². The maximum atomic E-state index is 11.9. The second kappa shape index (κ2) is 6.56. The van der Waals surface area contributed by atoms with Crippen LogP contribution in [0.3, 0.4) is 0 Å². The summed E-state index contributed by atoms with van der Waals surface area (Å²) in [5, 5.41) is 65.8. The highest BCUT2D eigenvalue weighted by molar-refractivity contribution is 5.91. The highest BCUT2D eigenvalue weighted by Crippen LogP contribution is 2.35. The molecule has 0 spiro atoms. The Balaban J connectivity index is 2.16. The summed E-state index contributed by atoms with van der Waals surface area (Å²) in [5.74, 6) is -3.52. The minimum Gasteiger partial charge on any atom is -0.504 e. The molecule has 10 heteroatoms. The fourth-order valence-electron chi connectivity index (χ4n) is 2.06. The molecule has 1 aromatic carbocycles. The Morgan fingerprint density at radius 2 is 1.61 bits per heavy atom. The summed E-state index contributed by atoms with van der Waals surface area (Å²) in [7, 11) is 0. The minimum atomic E-state index is -1.78. The fourth-order valence-corrected chi connectivity index (χ4v) is 2.06. The first-order chi connectivity index (χ1) is 10.8. The van der Waals surface area contributed by atoms with Crippen molar-refractivity contribution >= 4 is 5.97 Å². The number of ether oxygens (including phenoxy) is 2. The van der Waals surface area contributed by atoms with Gasteiger partial charge in [-0.05, 0) is 12.1 Å². The van der Waals surface area contributed by atoms with Crippen molar-refractivity contribution in [2.75, 3.05) is 6.61 Å². The van der Waals surface area contributed by atoms with Crippen molar-refractivity contribution in [1.29, 1.82) is 0 Å². The molecule has 0 aliphatic carbocycles. The zero-order chi connectivity index (χ0) is 17.3. The van der Waals surface area contributed by atoms with E-state index in [2.05, 4.69) is 0 Å². The summed E-state index contributed by atoms with van der Waals surface area (Å²) in [5.41, 5.74) is -0.366. The first-order valence-corrected chi connectivity index (χ1v) is 6.52. The number of aliphatic hydroxyl groups is 4. The molecular weight excluding hydrogens is 316 g/mol. The van der Waals surface area contributed by atoms with Gasteiger partial charge in [-0.25, -0.2) is 4.79 Å². The van der Waals surface area contributed by atoms with E-state index in [-0.39, 0.29) is 5.56 Å². The van der Waals surface area contributed by atoms with Gasteiger partial charge in [-0.3, -0.25) is 0 Å². The summed E-state index contributed by atoms with van der Waals surface area (Å²) in [6, 6.07) is 1.61. The molecule has 1 aromatic rings. The number of carbonyl (C=O) groups is 1. The summed E-state index contributed by atoms with van der Waals surface area (Å²) in [6.45, 7) is -0.695. The number of carbonyl (C=O) groups excluding carboxylic acids is 1. The molecule has 1 heterocycles. The van der Waals surface area contributed by atoms with Crippen molar-refractivity contribution in [3.8, 4) is 17.2 Å². The van der Waals surface area contributed by atoms with Crippen molar-refractivity contribution in [2.24, 2.45) is 0 Å². The van der Waals surface area contributed by atoms with Crippen LogP contribution in [0.4, 0.5) is 0 Å². The van der Waals surface area contributed by atoms with Crippen LogP contribution in [0.25, 0.3) is 0 Å². The zero-order valence-electron chi connectivity index (χ0n) is 11.6. The predicted molar refractivity (Wildman–Crippen MR) is 70.6 cm³/mol. The van der Waals surface area contributed by atoms with E-state index in [0.29, 0.717) is 0 Å². The highest BCUT2D eigenvalue weighted by Gasteiger charge is 2.45. The Morgan fingerprint density at radius 1 is 1.04 bits per heavy atom. The molecule has 1 aliphatic heterocycles. The summed E-state index contributed by atoms with van der Waals surface area (Å²) >= 11 is 0. The van der Waals surface area contributed by atoms with Gasteiger partial charge in [-0.2, -0.15) is 0 Å². The molecule has 3 unspecified atom stereocenters. The zero-order valence-corrected chi connectivity index (χ0v) is 11.6. The molecule has 0 amide bonds. The molecule has 0 radical (unpaired) electrons. The van der Waals surface area contributed by atoms with Crippen LogP contribution < -0.4 is 0 Å². The van der Waals surface area contributed by atoms with Gasteiger partial charge in [-0.15, -0.1) is 0 Å². The molecule has 2 rings (SSSR count). The van der Waals surface area contributed by atoms with Gasteiger partial charge >= 0.3 is 5.97 Å². The lowest BCUT2D eigenvalue weighted by molar-refractivity contribution is -0.285. The number of benzene rings is 1. The second-order valence-corrected chi connectivity index (χ2v) is 4.97. The third kappa shape index (κ3) is 3.30. The summed E-state index contributed by atoms with van der Waals surface area (Å²) in [6.07, 6.45) is -8.06. The van der Waals surface area contributed by atoms with Gasteiger partial charge in [0, 0.05) is 0 Å². The van der Waals surface area contributed by atoms with Crippen molar-refractivity contribution in [3.63, 3.8) is 0 Å². The van der Waals surface area contributed by atoms with Gasteiger partial charge in [0.15, 0.2) is 17.2 Å². The largest absolute Gasteiger partial charge is 0.504 e. The minimum absolute atomic E-state index is 0.366. The molecule has 1 fully saturated rings. The lowest BCUT2D eigenvalue weighted by atomic mass is 9.99. The Bertz CT molecular complexity index is 563. The molecule has 10 nitrogen and oxygen atoms in total. The Labute approximate surface area is 129 Å². The molecule has 0 saturated carbocycles. The average Bonchev–Trinajstić information content (AvgIpc) is 2.52. The maximum absolute atomic E-state index is 11.9. The van der Waals surface area contributed by atoms with Crippen molar-refractivity contribution in [3.05, 3.63) is 17.7 Å². The monoisotopic (exact) mass is 332 g/mol. The molecular formula is C13H16O10. The first-order valence-electron chi connectivity index (χ1n) is 6.52. The van der Waals surface area contributed by atoms with Gasteiger partial charge in [0.25, 0.3) is 0 Å². The van der Waals surface area contributed by atoms with E-state index < -0.39 is 60.5 Å². The number of aromatic hydroxyl groups is 3. The maximum Gasteiger partial charge on any atom is 0.340 e. The van der Waals surface area contributed by atoms with E-state index in [1.54, 1.807) is 0 Å². The quantitative estimate of drug-likeness (QED) is 0.236. The van der Waals surface area contributed by atoms with E-state index in [4.69, 9.17) is 14.6 Å². The van der Waals surface area contributed by atoms with Crippen molar-refractivity contribution in [1.82, 2.24) is 0 Å². The number of phenolic OH excluding ortho intramolecular Hbond substituents is 3. The SMILES string of the molecule is O=C(O[C@@H]1OC(CO)[C@H](O)C(O)C1O)c1cc(O)c(O)c(O)c1. The number of phenols is 3. The average molecular weight is 332 g/mol. The smallest absolute Gasteiger partial charge is 0.340 e.